The number of ether oxygens (including phenoxy) is 1. The van der Waals surface area contributed by atoms with Crippen molar-refractivity contribution >= 4 is 21.8 Å². The predicted octanol–water partition coefficient (Wildman–Crippen LogP) is 16.1. The summed E-state index contributed by atoms with van der Waals surface area (Å²) < 4.78 is 13.4. The molecule has 0 aliphatic carbocycles. The van der Waals surface area contributed by atoms with Gasteiger partial charge in [-0.05, 0) is 114 Å². The van der Waals surface area contributed by atoms with E-state index in [0.29, 0.717) is 5.75 Å². The maximum absolute atomic E-state index is 7.00. The van der Waals surface area contributed by atoms with Gasteiger partial charge in [-0.25, -0.2) is 4.98 Å². The lowest BCUT2D eigenvalue weighted by molar-refractivity contribution is -0.589. The third-order valence-corrected chi connectivity index (χ3v) is 13.4. The average Bonchev–Trinajstić information content (AvgIpc) is 3.88. The average molecular weight is 912 g/mol. The van der Waals surface area contributed by atoms with Gasteiger partial charge in [0.25, 0.3) is 0 Å². The molecule has 0 fully saturated rings. The fourth-order valence-corrected chi connectivity index (χ4v) is 9.05. The van der Waals surface area contributed by atoms with Gasteiger partial charge in [-0.15, -0.1) is 0 Å². The molecule has 0 N–H and O–H groups in total. The van der Waals surface area contributed by atoms with Gasteiger partial charge in [0.2, 0.25) is 12.2 Å². The molecule has 6 nitrogen and oxygen atoms in total. The van der Waals surface area contributed by atoms with Crippen LogP contribution < -0.4 is 9.30 Å². The van der Waals surface area contributed by atoms with Gasteiger partial charge in [-0.3, -0.25) is 4.57 Å². The number of para-hydroxylation sites is 1. The molecule has 0 bridgehead atoms. The number of hydrogen-bond acceptors (Lipinski definition) is 3. The zero-order valence-corrected chi connectivity index (χ0v) is 43.5. The van der Waals surface area contributed by atoms with E-state index in [1.165, 1.54) is 27.6 Å². The highest BCUT2D eigenvalue weighted by atomic mass is 16.5. The lowest BCUT2D eigenvalue weighted by Gasteiger charge is -2.27. The maximum atomic E-state index is 7.00. The Kier molecular flexibility index (Phi) is 11.7. The van der Waals surface area contributed by atoms with Crippen LogP contribution in [-0.4, -0.2) is 19.3 Å². The first-order valence-corrected chi connectivity index (χ1v) is 24.5. The van der Waals surface area contributed by atoms with Gasteiger partial charge < -0.3 is 9.30 Å². The van der Waals surface area contributed by atoms with Crippen LogP contribution in [-0.2, 0) is 27.1 Å². The lowest BCUT2D eigenvalue weighted by atomic mass is 9.80. The molecule has 6 heteroatoms. The van der Waals surface area contributed by atoms with Crippen molar-refractivity contribution in [2.45, 2.75) is 131 Å². The van der Waals surface area contributed by atoms with E-state index in [1.54, 1.807) is 0 Å². The molecule has 69 heavy (non-hydrogen) atoms. The first-order chi connectivity index (χ1) is 32.3. The van der Waals surface area contributed by atoms with Crippen molar-refractivity contribution in [2.75, 3.05) is 0 Å². The zero-order chi connectivity index (χ0) is 49.4. The first-order valence-electron chi connectivity index (χ1n) is 24.5. The smallest absolute Gasteiger partial charge is 0.232 e. The monoisotopic (exact) mass is 912 g/mol. The van der Waals surface area contributed by atoms with Crippen LogP contribution >= 0.6 is 0 Å². The molecule has 0 saturated carbocycles. The Morgan fingerprint density at radius 3 is 1.71 bits per heavy atom. The van der Waals surface area contributed by atoms with Crippen LogP contribution in [0.5, 0.6) is 11.5 Å². The van der Waals surface area contributed by atoms with Gasteiger partial charge in [0.1, 0.15) is 17.3 Å². The molecular weight excluding hydrogens is 843 g/mol. The lowest BCUT2D eigenvalue weighted by Crippen LogP contribution is -2.33. The van der Waals surface area contributed by atoms with Gasteiger partial charge >= 0.3 is 0 Å². The number of aromatic nitrogens is 5. The van der Waals surface area contributed by atoms with E-state index in [2.05, 4.69) is 259 Å². The molecule has 3 heterocycles. The maximum Gasteiger partial charge on any atom is 0.232 e. The van der Waals surface area contributed by atoms with Gasteiger partial charge in [-0.2, -0.15) is 4.68 Å². The Hall–Kier alpha value is -6.79. The van der Waals surface area contributed by atoms with Crippen LogP contribution in [0.2, 0.25) is 0 Å². The Bertz CT molecular complexity index is 3340. The number of benzene rings is 6. The highest BCUT2D eigenvalue weighted by molar-refractivity contribution is 6.09. The first kappa shape index (κ1) is 47.3. The van der Waals surface area contributed by atoms with Crippen LogP contribution in [0.1, 0.15) is 132 Å². The molecule has 0 unspecified atom stereocenters. The Morgan fingerprint density at radius 2 is 1.06 bits per heavy atom. The third kappa shape index (κ3) is 9.51. The summed E-state index contributed by atoms with van der Waals surface area (Å²) in [5.74, 6) is 3.13. The van der Waals surface area contributed by atoms with Crippen molar-refractivity contribution in [3.8, 4) is 51.2 Å². The van der Waals surface area contributed by atoms with Gasteiger partial charge in [0, 0.05) is 34.3 Å². The van der Waals surface area contributed by atoms with Crippen molar-refractivity contribution in [1.82, 2.24) is 19.3 Å². The number of pyridine rings is 1. The summed E-state index contributed by atoms with van der Waals surface area (Å²) in [7, 11) is 0. The molecule has 9 rings (SSSR count). The normalized spacial score (nSPS) is 12.9. The van der Waals surface area contributed by atoms with Crippen molar-refractivity contribution in [3.05, 3.63) is 180 Å². The Balaban J connectivity index is 1.25. The molecule has 0 radical (unpaired) electrons. The predicted molar refractivity (Wildman–Crippen MR) is 287 cm³/mol. The van der Waals surface area contributed by atoms with Crippen LogP contribution in [0.3, 0.4) is 0 Å². The second-order valence-electron chi connectivity index (χ2n) is 24.1. The van der Waals surface area contributed by atoms with Crippen LogP contribution in [0.4, 0.5) is 0 Å². The minimum Gasteiger partial charge on any atom is -0.458 e. The van der Waals surface area contributed by atoms with E-state index in [1.807, 2.05) is 10.9 Å². The summed E-state index contributed by atoms with van der Waals surface area (Å²) in [5.41, 5.74) is 12.9. The number of fused-ring (bicyclic) bond motifs is 3. The second-order valence-corrected chi connectivity index (χ2v) is 24.1. The number of rotatable bonds is 7. The van der Waals surface area contributed by atoms with Crippen molar-refractivity contribution in [3.63, 3.8) is 0 Å². The number of nitrogens with zero attached hydrogens (tertiary/aromatic N) is 5. The fraction of sp³-hybridized carbons (Fsp3) is 0.317. The molecule has 0 spiro atoms. The third-order valence-electron chi connectivity index (χ3n) is 13.4. The summed E-state index contributed by atoms with van der Waals surface area (Å²) in [5, 5.41) is 7.90. The van der Waals surface area contributed by atoms with Gasteiger partial charge in [0.05, 0.1) is 16.7 Å². The topological polar surface area (TPSA) is 48.8 Å². The summed E-state index contributed by atoms with van der Waals surface area (Å²) in [6.07, 6.45) is 5.74. The second kappa shape index (κ2) is 17.0. The molecule has 3 aromatic heterocycles. The van der Waals surface area contributed by atoms with E-state index in [-0.39, 0.29) is 27.1 Å². The Labute approximate surface area is 410 Å². The molecule has 0 amide bonds. The minimum atomic E-state index is -0.204. The largest absolute Gasteiger partial charge is 0.458 e. The van der Waals surface area contributed by atoms with E-state index in [4.69, 9.17) is 14.8 Å². The summed E-state index contributed by atoms with van der Waals surface area (Å²) in [6.45, 7) is 34.0. The van der Waals surface area contributed by atoms with E-state index in [0.717, 1.165) is 67.4 Å². The van der Waals surface area contributed by atoms with Gasteiger partial charge in [-0.1, -0.05) is 195 Å². The van der Waals surface area contributed by atoms with Crippen LogP contribution in [0.15, 0.2) is 146 Å². The van der Waals surface area contributed by atoms with E-state index in [9.17, 15) is 0 Å². The molecule has 0 aliphatic rings. The van der Waals surface area contributed by atoms with Crippen molar-refractivity contribution < 1.29 is 9.30 Å². The quantitative estimate of drug-likeness (QED) is 0.118. The molecule has 9 aromatic rings. The number of hydrogen-bond donors (Lipinski definition) is 0. The van der Waals surface area contributed by atoms with Crippen LogP contribution in [0, 0.1) is 6.33 Å². The molecule has 0 atom stereocenters. The standard InChI is InChI=1S/C63H69N5O/c1-59(2,3)42-25-27-51(41-21-17-16-18-22-41)54(36-42)58-65-67(40-66(58)47-32-44(61(7,8)9)31-45(33-47)62(10,11)12)48-34-46(63(13,14)15)35-50(38-48)69-49-26-28-53-52-23-19-20-24-55(52)68(56(53)39-49)57-37-43(29-30-64-57)60(4,5)6/h16-39H,1-15H3. The van der Waals surface area contributed by atoms with Crippen LogP contribution in [0.25, 0.3) is 61.5 Å². The minimum absolute atomic E-state index is 0.0288. The molecule has 352 valence electrons. The molecular formula is C63H69N5O. The highest BCUT2D eigenvalue weighted by Crippen LogP contribution is 2.40. The SMILES string of the molecule is CC(C)(C)c1cc(Oc2ccc3c4ccccc4n(-c4cc(C(C)(C)C)ccn4)c3c2)cc(-n2[c-][n+](-c3cc(C(C)(C)C)cc(C(C)(C)C)c3)c(-c3cc(C(C)(C)C)ccc3-c3ccccc3)n2)c1. The zero-order valence-electron chi connectivity index (χ0n) is 43.5. The fourth-order valence-electron chi connectivity index (χ4n) is 9.05. The van der Waals surface area contributed by atoms with Crippen molar-refractivity contribution in [2.24, 2.45) is 0 Å². The van der Waals surface area contributed by atoms with E-state index >= 15 is 0 Å². The van der Waals surface area contributed by atoms with Crippen molar-refractivity contribution in [1.29, 1.82) is 0 Å². The van der Waals surface area contributed by atoms with Gasteiger partial charge in [0.15, 0.2) is 0 Å². The molecule has 6 aromatic carbocycles. The summed E-state index contributed by atoms with van der Waals surface area (Å²) in [4.78, 5) is 4.93. The summed E-state index contributed by atoms with van der Waals surface area (Å²) in [6, 6.07) is 50.3. The molecule has 0 aliphatic heterocycles. The highest BCUT2D eigenvalue weighted by Gasteiger charge is 2.27. The molecule has 0 saturated heterocycles. The summed E-state index contributed by atoms with van der Waals surface area (Å²) >= 11 is 0. The Morgan fingerprint density at radius 1 is 0.464 bits per heavy atom. The van der Waals surface area contributed by atoms with E-state index < -0.39 is 0 Å².